The lowest BCUT2D eigenvalue weighted by molar-refractivity contribution is -0.0334. The van der Waals surface area contributed by atoms with Crippen molar-refractivity contribution in [3.8, 4) is 22.8 Å². The number of aromatic nitrogens is 5. The molecule has 0 aliphatic heterocycles. The van der Waals surface area contributed by atoms with Gasteiger partial charge in [0.1, 0.15) is 40.4 Å². The van der Waals surface area contributed by atoms with E-state index in [9.17, 15) is 18.7 Å². The summed E-state index contributed by atoms with van der Waals surface area (Å²) in [6.07, 6.45) is 4.77. The van der Waals surface area contributed by atoms with E-state index in [1.54, 1.807) is 20.8 Å². The van der Waals surface area contributed by atoms with Gasteiger partial charge in [0.05, 0.1) is 23.2 Å². The minimum Gasteiger partial charge on any atom is -0.485 e. The van der Waals surface area contributed by atoms with Crippen molar-refractivity contribution in [1.29, 1.82) is 0 Å². The zero-order valence-electron chi connectivity index (χ0n) is 21.2. The van der Waals surface area contributed by atoms with Crippen molar-refractivity contribution >= 4 is 11.6 Å². The third-order valence-corrected chi connectivity index (χ3v) is 6.95. The van der Waals surface area contributed by atoms with Crippen molar-refractivity contribution in [3.05, 3.63) is 92.4 Å². The average molecular weight is 558 g/mol. The Morgan fingerprint density at radius 2 is 1.90 bits per heavy atom. The summed E-state index contributed by atoms with van der Waals surface area (Å²) in [4.78, 5) is 29.9. The second-order valence-electron chi connectivity index (χ2n) is 9.83. The van der Waals surface area contributed by atoms with Gasteiger partial charge >= 0.3 is 0 Å². The molecule has 0 bridgehead atoms. The highest BCUT2D eigenvalue weighted by molar-refractivity contribution is 6.31. The lowest BCUT2D eigenvalue weighted by Gasteiger charge is -2.39. The minimum absolute atomic E-state index is 0.0530. The summed E-state index contributed by atoms with van der Waals surface area (Å²) in [6.45, 7) is 4.49. The highest BCUT2D eigenvalue weighted by atomic mass is 35.5. The van der Waals surface area contributed by atoms with Crippen LogP contribution in [0.25, 0.3) is 17.1 Å². The Morgan fingerprint density at radius 3 is 2.59 bits per heavy atom. The maximum absolute atomic E-state index is 16.0. The van der Waals surface area contributed by atoms with Crippen molar-refractivity contribution in [2.75, 3.05) is 0 Å². The van der Waals surface area contributed by atoms with E-state index in [0.29, 0.717) is 30.3 Å². The molecular formula is C27H23ClF3N5O3. The molecule has 0 radical (unpaired) electrons. The molecule has 39 heavy (non-hydrogen) atoms. The van der Waals surface area contributed by atoms with E-state index in [1.807, 2.05) is 0 Å². The van der Waals surface area contributed by atoms with Crippen LogP contribution in [0.2, 0.25) is 5.02 Å². The first-order valence-corrected chi connectivity index (χ1v) is 12.4. The second kappa shape index (κ2) is 10.0. The second-order valence-corrected chi connectivity index (χ2v) is 10.2. The van der Waals surface area contributed by atoms with Gasteiger partial charge < -0.3 is 9.84 Å². The number of nitrogens with zero attached hydrogens (tertiary/aromatic N) is 5. The first kappa shape index (κ1) is 26.8. The molecule has 1 saturated carbocycles. The van der Waals surface area contributed by atoms with Crippen molar-refractivity contribution < 1.29 is 23.0 Å². The number of halogens is 4. The molecule has 0 spiro atoms. The van der Waals surface area contributed by atoms with Crippen LogP contribution in [0.5, 0.6) is 5.75 Å². The monoisotopic (exact) mass is 557 g/mol. The Labute approximate surface area is 226 Å². The molecule has 1 aliphatic rings. The van der Waals surface area contributed by atoms with Gasteiger partial charge in [-0.3, -0.25) is 19.3 Å². The van der Waals surface area contributed by atoms with Gasteiger partial charge in [-0.05, 0) is 45.2 Å². The van der Waals surface area contributed by atoms with E-state index in [1.165, 1.54) is 24.5 Å². The SMILES string of the molecule is Cc1cnc(-c2ccnc(C3CC(C)(O)C3)n2)c(F)c1-n1c(C)cc(OCc2ncc(F)cc2F)c(Cl)c1=O. The Kier molecular flexibility index (Phi) is 6.90. The Morgan fingerprint density at radius 1 is 1.15 bits per heavy atom. The Hall–Kier alpha value is -3.83. The number of hydrogen-bond acceptors (Lipinski definition) is 7. The predicted molar refractivity (Wildman–Crippen MR) is 136 cm³/mol. The smallest absolute Gasteiger partial charge is 0.278 e. The molecule has 4 heterocycles. The van der Waals surface area contributed by atoms with Crippen molar-refractivity contribution in [1.82, 2.24) is 24.5 Å². The fourth-order valence-electron chi connectivity index (χ4n) is 4.66. The molecule has 0 unspecified atom stereocenters. The summed E-state index contributed by atoms with van der Waals surface area (Å²) in [6, 6.07) is 3.60. The zero-order chi connectivity index (χ0) is 28.1. The van der Waals surface area contributed by atoms with Crippen molar-refractivity contribution in [3.63, 3.8) is 0 Å². The van der Waals surface area contributed by atoms with E-state index >= 15 is 4.39 Å². The highest BCUT2D eigenvalue weighted by Gasteiger charge is 2.40. The Balaban J connectivity index is 1.50. The topological polar surface area (TPSA) is 103 Å². The molecule has 4 aromatic heterocycles. The molecular weight excluding hydrogens is 535 g/mol. The van der Waals surface area contributed by atoms with Crippen molar-refractivity contribution in [2.24, 2.45) is 0 Å². The number of aliphatic hydroxyl groups is 1. The molecule has 0 saturated heterocycles. The van der Waals surface area contributed by atoms with Crippen LogP contribution in [0.15, 0.2) is 41.6 Å². The van der Waals surface area contributed by atoms with Gasteiger partial charge in [0.2, 0.25) is 0 Å². The largest absolute Gasteiger partial charge is 0.485 e. The van der Waals surface area contributed by atoms with Gasteiger partial charge in [0.25, 0.3) is 5.56 Å². The maximum atomic E-state index is 16.0. The normalized spacial score (nSPS) is 18.6. The van der Waals surface area contributed by atoms with Gasteiger partial charge in [-0.15, -0.1) is 0 Å². The highest BCUT2D eigenvalue weighted by Crippen LogP contribution is 2.43. The third-order valence-electron chi connectivity index (χ3n) is 6.60. The molecule has 202 valence electrons. The molecule has 0 aromatic carbocycles. The van der Waals surface area contributed by atoms with Gasteiger partial charge in [-0.25, -0.2) is 23.1 Å². The first-order valence-electron chi connectivity index (χ1n) is 12.0. The number of pyridine rings is 3. The van der Waals surface area contributed by atoms with Crippen molar-refractivity contribution in [2.45, 2.75) is 51.7 Å². The molecule has 8 nitrogen and oxygen atoms in total. The van der Waals surface area contributed by atoms with E-state index in [4.69, 9.17) is 16.3 Å². The summed E-state index contributed by atoms with van der Waals surface area (Å²) in [5.74, 6) is -2.17. The van der Waals surface area contributed by atoms with Crippen LogP contribution in [-0.4, -0.2) is 35.2 Å². The standard InChI is InChI=1S/C27H23ClF3N5O3/c1-13-10-34-23(18-4-5-32-25(35-18)15-8-27(3,38)9-15)22(31)24(13)36-14(2)6-20(21(28)26(36)37)39-12-19-17(30)7-16(29)11-33-19/h4-7,10-11,15,38H,8-9,12H2,1-3H3. The summed E-state index contributed by atoms with van der Waals surface area (Å²) in [5.41, 5.74) is -0.972. The molecule has 1 fully saturated rings. The molecule has 12 heteroatoms. The van der Waals surface area contributed by atoms with E-state index in [0.717, 1.165) is 10.8 Å². The maximum Gasteiger partial charge on any atom is 0.278 e. The summed E-state index contributed by atoms with van der Waals surface area (Å²) in [7, 11) is 0. The van der Waals surface area contributed by atoms with Gasteiger partial charge in [0, 0.05) is 36.1 Å². The quantitative estimate of drug-likeness (QED) is 0.357. The van der Waals surface area contributed by atoms with Crippen LogP contribution in [0.4, 0.5) is 13.2 Å². The molecule has 5 rings (SSSR count). The molecule has 1 aliphatic carbocycles. The third kappa shape index (κ3) is 5.11. The molecule has 0 atom stereocenters. The zero-order valence-corrected chi connectivity index (χ0v) is 21.9. The first-order chi connectivity index (χ1) is 18.4. The van der Waals surface area contributed by atoms with Crippen LogP contribution < -0.4 is 10.3 Å². The van der Waals surface area contributed by atoms with Crippen LogP contribution >= 0.6 is 11.6 Å². The van der Waals surface area contributed by atoms with E-state index < -0.39 is 35.2 Å². The minimum atomic E-state index is -0.909. The van der Waals surface area contributed by atoms with Gasteiger partial charge in [0.15, 0.2) is 11.6 Å². The number of aryl methyl sites for hydroxylation is 2. The fourth-order valence-corrected chi connectivity index (χ4v) is 4.86. The van der Waals surface area contributed by atoms with E-state index in [2.05, 4.69) is 19.9 Å². The van der Waals surface area contributed by atoms with Gasteiger partial charge in [-0.1, -0.05) is 11.6 Å². The average Bonchev–Trinajstić information content (AvgIpc) is 2.86. The fraction of sp³-hybridized carbons (Fsp3) is 0.296. The van der Waals surface area contributed by atoms with Crippen LogP contribution in [0.1, 0.15) is 48.5 Å². The van der Waals surface area contributed by atoms with Gasteiger partial charge in [-0.2, -0.15) is 0 Å². The van der Waals surface area contributed by atoms with Crippen LogP contribution in [-0.2, 0) is 6.61 Å². The predicted octanol–water partition coefficient (Wildman–Crippen LogP) is 4.98. The van der Waals surface area contributed by atoms with E-state index in [-0.39, 0.29) is 45.2 Å². The molecule has 1 N–H and O–H groups in total. The van der Waals surface area contributed by atoms with Crippen LogP contribution in [0.3, 0.4) is 0 Å². The number of rotatable bonds is 6. The lowest BCUT2D eigenvalue weighted by Crippen LogP contribution is -2.39. The summed E-state index contributed by atoms with van der Waals surface area (Å²) >= 11 is 6.30. The van der Waals surface area contributed by atoms with Crippen LogP contribution in [0, 0.1) is 31.3 Å². The molecule has 4 aromatic rings. The summed E-state index contributed by atoms with van der Waals surface area (Å²) < 4.78 is 49.7. The number of ether oxygens (including phenoxy) is 1. The number of hydrogen-bond donors (Lipinski definition) is 1. The molecule has 0 amide bonds. The summed E-state index contributed by atoms with van der Waals surface area (Å²) in [5, 5.41) is 9.70. The Bertz CT molecular complexity index is 1650. The lowest BCUT2D eigenvalue weighted by atomic mass is 9.72.